The van der Waals surface area contributed by atoms with Gasteiger partial charge in [-0.05, 0) is 44.2 Å². The van der Waals surface area contributed by atoms with Crippen molar-refractivity contribution < 1.29 is 22.8 Å². The van der Waals surface area contributed by atoms with Gasteiger partial charge in [0.2, 0.25) is 0 Å². The number of pyridine rings is 1. The van der Waals surface area contributed by atoms with E-state index < -0.39 is 23.4 Å². The molecule has 0 bridgehead atoms. The Bertz CT molecular complexity index is 1130. The van der Waals surface area contributed by atoms with Crippen LogP contribution < -0.4 is 10.2 Å². The molecular weight excluding hydrogens is 411 g/mol. The third kappa shape index (κ3) is 4.57. The van der Waals surface area contributed by atoms with Crippen molar-refractivity contribution in [2.24, 2.45) is 0 Å². The van der Waals surface area contributed by atoms with E-state index in [1.54, 1.807) is 17.0 Å². The molecule has 10 heteroatoms. The highest BCUT2D eigenvalue weighted by molar-refractivity contribution is 6.47. The van der Waals surface area contributed by atoms with Gasteiger partial charge in [-0.1, -0.05) is 6.07 Å². The normalized spacial score (nSPS) is 11.3. The Morgan fingerprint density at radius 1 is 1.10 bits per heavy atom. The van der Waals surface area contributed by atoms with Crippen LogP contribution in [0.15, 0.2) is 42.6 Å². The minimum absolute atomic E-state index is 0.0350. The van der Waals surface area contributed by atoms with Gasteiger partial charge < -0.3 is 10.2 Å². The molecule has 162 valence electrons. The van der Waals surface area contributed by atoms with E-state index in [1.165, 1.54) is 36.9 Å². The molecule has 3 aromatic rings. The van der Waals surface area contributed by atoms with Crippen LogP contribution in [-0.2, 0) is 11.0 Å². The van der Waals surface area contributed by atoms with Gasteiger partial charge in [-0.2, -0.15) is 18.3 Å². The summed E-state index contributed by atoms with van der Waals surface area (Å²) >= 11 is 0. The van der Waals surface area contributed by atoms with E-state index in [0.717, 1.165) is 12.1 Å². The molecule has 7 nitrogen and oxygen atoms in total. The molecule has 3 rings (SSSR count). The zero-order valence-electron chi connectivity index (χ0n) is 17.3. The van der Waals surface area contributed by atoms with Crippen molar-refractivity contribution in [1.82, 2.24) is 14.8 Å². The average molecular weight is 431 g/mol. The van der Waals surface area contributed by atoms with Gasteiger partial charge in [-0.15, -0.1) is 0 Å². The molecule has 2 heterocycles. The number of halogens is 3. The van der Waals surface area contributed by atoms with Crippen LogP contribution in [0.25, 0.3) is 5.69 Å². The SMILES string of the molecule is Cc1nn(-c2cccc(C(F)(F)F)c2)c(C)c1C(=O)C(=O)Nc1ccc(N(C)C)nc1. The highest BCUT2D eigenvalue weighted by atomic mass is 19.4. The maximum absolute atomic E-state index is 13.0. The number of aromatic nitrogens is 3. The van der Waals surface area contributed by atoms with Crippen LogP contribution in [0.1, 0.15) is 27.3 Å². The van der Waals surface area contributed by atoms with Crippen LogP contribution >= 0.6 is 0 Å². The summed E-state index contributed by atoms with van der Waals surface area (Å²) in [6, 6.07) is 7.88. The summed E-state index contributed by atoms with van der Waals surface area (Å²) in [5.74, 6) is -1.06. The number of alkyl halides is 3. The summed E-state index contributed by atoms with van der Waals surface area (Å²) < 4.78 is 40.3. The van der Waals surface area contributed by atoms with Crippen LogP contribution in [0, 0.1) is 13.8 Å². The number of nitrogens with one attached hydrogen (secondary N) is 1. The fraction of sp³-hybridized carbons (Fsp3) is 0.238. The molecule has 0 spiro atoms. The molecule has 0 saturated heterocycles. The predicted molar refractivity (Wildman–Crippen MR) is 110 cm³/mol. The van der Waals surface area contributed by atoms with Crippen molar-refractivity contribution in [3.05, 3.63) is 65.1 Å². The Morgan fingerprint density at radius 3 is 2.39 bits per heavy atom. The Morgan fingerprint density at radius 2 is 1.81 bits per heavy atom. The zero-order chi connectivity index (χ0) is 22.9. The van der Waals surface area contributed by atoms with Gasteiger partial charge in [0.25, 0.3) is 11.7 Å². The van der Waals surface area contributed by atoms with Crippen LogP contribution in [-0.4, -0.2) is 40.6 Å². The lowest BCUT2D eigenvalue weighted by molar-refractivity contribution is -0.137. The van der Waals surface area contributed by atoms with E-state index in [9.17, 15) is 22.8 Å². The molecule has 1 amide bonds. The molecule has 2 aromatic heterocycles. The Hall–Kier alpha value is -3.69. The molecule has 1 N–H and O–H groups in total. The van der Waals surface area contributed by atoms with Crippen molar-refractivity contribution >= 4 is 23.2 Å². The molecule has 0 radical (unpaired) electrons. The first kappa shape index (κ1) is 22.0. The van der Waals surface area contributed by atoms with Gasteiger partial charge in [0.1, 0.15) is 5.82 Å². The van der Waals surface area contributed by atoms with Gasteiger partial charge in [-0.25, -0.2) is 9.67 Å². The molecule has 0 fully saturated rings. The number of benzene rings is 1. The third-order valence-electron chi connectivity index (χ3n) is 4.61. The van der Waals surface area contributed by atoms with Gasteiger partial charge in [0.05, 0.1) is 40.1 Å². The Balaban J connectivity index is 1.87. The number of rotatable bonds is 5. The summed E-state index contributed by atoms with van der Waals surface area (Å²) in [5, 5.41) is 6.66. The largest absolute Gasteiger partial charge is 0.416 e. The van der Waals surface area contributed by atoms with Crippen LogP contribution in [0.5, 0.6) is 0 Å². The third-order valence-corrected chi connectivity index (χ3v) is 4.61. The fourth-order valence-corrected chi connectivity index (χ4v) is 3.06. The van der Waals surface area contributed by atoms with Gasteiger partial charge >= 0.3 is 6.18 Å². The van der Waals surface area contributed by atoms with Gasteiger partial charge in [-0.3, -0.25) is 9.59 Å². The second kappa shape index (κ2) is 8.21. The summed E-state index contributed by atoms with van der Waals surface area (Å²) in [5.41, 5.74) is 0.168. The predicted octanol–water partition coefficient (Wildman–Crippen LogP) is 3.79. The average Bonchev–Trinajstić information content (AvgIpc) is 3.01. The van der Waals surface area contributed by atoms with Gasteiger partial charge in [0, 0.05) is 14.1 Å². The van der Waals surface area contributed by atoms with Crippen molar-refractivity contribution in [2.45, 2.75) is 20.0 Å². The van der Waals surface area contributed by atoms with Crippen LogP contribution in [0.3, 0.4) is 0 Å². The molecule has 1 aromatic carbocycles. The Labute approximate surface area is 176 Å². The highest BCUT2D eigenvalue weighted by Gasteiger charge is 2.31. The first-order valence-corrected chi connectivity index (χ1v) is 9.22. The van der Waals surface area contributed by atoms with E-state index in [-0.39, 0.29) is 22.6 Å². The smallest absolute Gasteiger partial charge is 0.363 e. The van der Waals surface area contributed by atoms with E-state index >= 15 is 0 Å². The molecule has 0 aliphatic rings. The maximum atomic E-state index is 13.0. The number of ketones is 1. The van der Waals surface area contributed by atoms with E-state index in [1.807, 2.05) is 14.1 Å². The number of nitrogens with zero attached hydrogens (tertiary/aromatic N) is 4. The topological polar surface area (TPSA) is 80.1 Å². The monoisotopic (exact) mass is 431 g/mol. The van der Waals surface area contributed by atoms with Crippen LogP contribution in [0.4, 0.5) is 24.7 Å². The number of anilines is 2. The van der Waals surface area contributed by atoms with Crippen molar-refractivity contribution in [1.29, 1.82) is 0 Å². The summed E-state index contributed by atoms with van der Waals surface area (Å²) in [7, 11) is 3.63. The molecule has 0 saturated carbocycles. The summed E-state index contributed by atoms with van der Waals surface area (Å²) in [6.45, 7) is 3.04. The molecule has 31 heavy (non-hydrogen) atoms. The van der Waals surface area contributed by atoms with E-state index in [0.29, 0.717) is 11.5 Å². The number of aryl methyl sites for hydroxylation is 1. The van der Waals surface area contributed by atoms with E-state index in [2.05, 4.69) is 15.4 Å². The second-order valence-electron chi connectivity index (χ2n) is 7.09. The number of hydrogen-bond donors (Lipinski definition) is 1. The molecule has 0 atom stereocenters. The summed E-state index contributed by atoms with van der Waals surface area (Å²) in [4.78, 5) is 31.2. The van der Waals surface area contributed by atoms with Crippen molar-refractivity contribution in [3.63, 3.8) is 0 Å². The number of carbonyl (C=O) groups excluding carboxylic acids is 2. The lowest BCUT2D eigenvalue weighted by Crippen LogP contribution is -2.24. The minimum atomic E-state index is -4.51. The lowest BCUT2D eigenvalue weighted by atomic mass is 10.1. The minimum Gasteiger partial charge on any atom is -0.363 e. The van der Waals surface area contributed by atoms with Crippen LogP contribution in [0.2, 0.25) is 0 Å². The number of carbonyl (C=O) groups is 2. The highest BCUT2D eigenvalue weighted by Crippen LogP contribution is 2.31. The number of hydrogen-bond acceptors (Lipinski definition) is 5. The lowest BCUT2D eigenvalue weighted by Gasteiger charge is -2.11. The fourth-order valence-electron chi connectivity index (χ4n) is 3.06. The second-order valence-corrected chi connectivity index (χ2v) is 7.09. The van der Waals surface area contributed by atoms with Gasteiger partial charge in [0.15, 0.2) is 0 Å². The zero-order valence-corrected chi connectivity index (χ0v) is 17.3. The first-order chi connectivity index (χ1) is 14.5. The Kier molecular flexibility index (Phi) is 5.83. The first-order valence-electron chi connectivity index (χ1n) is 9.22. The molecule has 0 aliphatic carbocycles. The van der Waals surface area contributed by atoms with Crippen molar-refractivity contribution in [2.75, 3.05) is 24.3 Å². The van der Waals surface area contributed by atoms with E-state index in [4.69, 9.17) is 0 Å². The number of Topliss-reactive ketones (excluding diaryl/α,β-unsaturated/α-hetero) is 1. The quantitative estimate of drug-likeness (QED) is 0.491. The molecular formula is C21H20F3N5O2. The molecule has 0 aliphatic heterocycles. The standard InChI is InChI=1S/C21H20F3N5O2/c1-12-18(19(30)20(31)26-15-8-9-17(25-11-15)28(3)4)13(2)29(27-12)16-7-5-6-14(10-16)21(22,23)24/h5-11H,1-4H3,(H,26,31). The molecule has 0 unspecified atom stereocenters. The maximum Gasteiger partial charge on any atom is 0.416 e. The van der Waals surface area contributed by atoms with Crippen molar-refractivity contribution in [3.8, 4) is 5.69 Å². The number of amides is 1. The summed E-state index contributed by atoms with van der Waals surface area (Å²) in [6.07, 6.45) is -3.09.